The molecule has 3 amide bonds. The summed E-state index contributed by atoms with van der Waals surface area (Å²) >= 11 is 2.48. The first kappa shape index (κ1) is 18.5. The number of imide groups is 1. The van der Waals surface area contributed by atoms with E-state index >= 15 is 0 Å². The van der Waals surface area contributed by atoms with Crippen LogP contribution in [-0.2, 0) is 18.4 Å². The molecule has 0 radical (unpaired) electrons. The van der Waals surface area contributed by atoms with Gasteiger partial charge in [-0.15, -0.1) is 5.10 Å². The van der Waals surface area contributed by atoms with Crippen LogP contribution in [0.3, 0.4) is 0 Å². The van der Waals surface area contributed by atoms with E-state index in [0.717, 1.165) is 22.0 Å². The molecule has 2 aromatic carbocycles. The normalized spacial score (nSPS) is 14.9. The molecule has 0 spiro atoms. The van der Waals surface area contributed by atoms with E-state index < -0.39 is 0 Å². The van der Waals surface area contributed by atoms with Crippen LogP contribution in [0.2, 0.25) is 0 Å². The number of aromatic nitrogens is 1. The SMILES string of the molecule is Cn1/c(=N\NC(=O)c2cccc(CN3C(=O)CSC3=O)c2)sc2ccccc21. The summed E-state index contributed by atoms with van der Waals surface area (Å²) in [5, 5.41) is 3.98. The Bertz CT molecular complexity index is 1150. The van der Waals surface area contributed by atoms with Gasteiger partial charge < -0.3 is 4.57 Å². The van der Waals surface area contributed by atoms with E-state index in [2.05, 4.69) is 10.5 Å². The quantitative estimate of drug-likeness (QED) is 0.668. The van der Waals surface area contributed by atoms with E-state index in [-0.39, 0.29) is 29.4 Å². The molecular formula is C19H16N4O3S2. The number of benzene rings is 2. The van der Waals surface area contributed by atoms with Gasteiger partial charge in [-0.05, 0) is 29.8 Å². The van der Waals surface area contributed by atoms with E-state index in [4.69, 9.17) is 0 Å². The fourth-order valence-corrected chi connectivity index (χ4v) is 4.58. The third kappa shape index (κ3) is 3.58. The monoisotopic (exact) mass is 412 g/mol. The number of thioether (sulfide) groups is 1. The van der Waals surface area contributed by atoms with Crippen molar-refractivity contribution < 1.29 is 14.4 Å². The smallest absolute Gasteiger partial charge is 0.289 e. The number of amides is 3. The Hall–Kier alpha value is -2.91. The molecule has 4 rings (SSSR count). The van der Waals surface area contributed by atoms with Crippen molar-refractivity contribution in [3.05, 3.63) is 64.5 Å². The third-order valence-electron chi connectivity index (χ3n) is 4.34. The van der Waals surface area contributed by atoms with Crippen LogP contribution in [0.5, 0.6) is 0 Å². The number of nitrogens with zero attached hydrogens (tertiary/aromatic N) is 3. The second-order valence-corrected chi connectivity index (χ2v) is 8.13. The van der Waals surface area contributed by atoms with Crippen molar-refractivity contribution in [2.24, 2.45) is 12.1 Å². The average molecular weight is 412 g/mol. The number of nitrogens with one attached hydrogen (secondary N) is 1. The summed E-state index contributed by atoms with van der Waals surface area (Å²) in [6, 6.07) is 14.8. The third-order valence-corrected chi connectivity index (χ3v) is 6.31. The van der Waals surface area contributed by atoms with Gasteiger partial charge in [0.25, 0.3) is 11.1 Å². The minimum Gasteiger partial charge on any atom is -0.318 e. The van der Waals surface area contributed by atoms with E-state index in [1.54, 1.807) is 24.3 Å². The minimum absolute atomic E-state index is 0.161. The van der Waals surface area contributed by atoms with Gasteiger partial charge in [0.05, 0.1) is 22.5 Å². The van der Waals surface area contributed by atoms with Crippen LogP contribution >= 0.6 is 23.1 Å². The number of thiazole rings is 1. The number of hydrogen-bond donors (Lipinski definition) is 1. The van der Waals surface area contributed by atoms with Gasteiger partial charge in [0, 0.05) is 12.6 Å². The van der Waals surface area contributed by atoms with Crippen LogP contribution in [0.15, 0.2) is 53.6 Å². The maximum atomic E-state index is 12.5. The molecule has 0 unspecified atom stereocenters. The molecule has 1 aliphatic heterocycles. The molecule has 0 bridgehead atoms. The molecule has 1 N–H and O–H groups in total. The highest BCUT2D eigenvalue weighted by molar-refractivity contribution is 8.14. The van der Waals surface area contributed by atoms with Crippen LogP contribution in [-0.4, -0.2) is 32.3 Å². The van der Waals surface area contributed by atoms with Gasteiger partial charge in [0.2, 0.25) is 10.7 Å². The van der Waals surface area contributed by atoms with Gasteiger partial charge >= 0.3 is 0 Å². The van der Waals surface area contributed by atoms with Gasteiger partial charge in [0.15, 0.2) is 0 Å². The van der Waals surface area contributed by atoms with Crippen molar-refractivity contribution in [3.63, 3.8) is 0 Å². The molecule has 0 saturated carbocycles. The lowest BCUT2D eigenvalue weighted by Crippen LogP contribution is -2.28. The van der Waals surface area contributed by atoms with Gasteiger partial charge in [-0.1, -0.05) is 47.4 Å². The molecule has 28 heavy (non-hydrogen) atoms. The largest absolute Gasteiger partial charge is 0.318 e. The maximum absolute atomic E-state index is 12.5. The summed E-state index contributed by atoms with van der Waals surface area (Å²) in [6.45, 7) is 0.161. The van der Waals surface area contributed by atoms with Gasteiger partial charge in [-0.2, -0.15) is 0 Å². The second kappa shape index (κ2) is 7.61. The zero-order chi connectivity index (χ0) is 19.7. The van der Waals surface area contributed by atoms with E-state index in [9.17, 15) is 14.4 Å². The van der Waals surface area contributed by atoms with Gasteiger partial charge in [-0.3, -0.25) is 19.3 Å². The summed E-state index contributed by atoms with van der Waals surface area (Å²) in [6.07, 6.45) is 0. The fourth-order valence-electron chi connectivity index (χ4n) is 2.88. The molecule has 1 aliphatic rings. The predicted molar refractivity (Wildman–Crippen MR) is 109 cm³/mol. The molecule has 0 atom stereocenters. The number of para-hydroxylation sites is 1. The van der Waals surface area contributed by atoms with Crippen molar-refractivity contribution in [1.82, 2.24) is 14.9 Å². The lowest BCUT2D eigenvalue weighted by molar-refractivity contribution is -0.125. The number of carbonyl (C=O) groups is 3. The summed E-state index contributed by atoms with van der Waals surface area (Å²) in [5.41, 5.74) is 4.75. The first-order chi connectivity index (χ1) is 13.5. The van der Waals surface area contributed by atoms with E-state index in [1.165, 1.54) is 16.2 Å². The number of hydrogen-bond acceptors (Lipinski definition) is 6. The highest BCUT2D eigenvalue weighted by Crippen LogP contribution is 2.21. The predicted octanol–water partition coefficient (Wildman–Crippen LogP) is 2.68. The average Bonchev–Trinajstić information content (AvgIpc) is 3.20. The summed E-state index contributed by atoms with van der Waals surface area (Å²) in [5.74, 6) is -0.394. The Morgan fingerprint density at radius 3 is 2.75 bits per heavy atom. The first-order valence-corrected chi connectivity index (χ1v) is 10.3. The Kier molecular flexibility index (Phi) is 5.01. The molecule has 142 valence electrons. The van der Waals surface area contributed by atoms with Crippen molar-refractivity contribution in [3.8, 4) is 0 Å². The molecule has 9 heteroatoms. The number of aryl methyl sites for hydroxylation is 1. The highest BCUT2D eigenvalue weighted by Gasteiger charge is 2.29. The number of fused-ring (bicyclic) bond motifs is 1. The van der Waals surface area contributed by atoms with Crippen molar-refractivity contribution in [2.45, 2.75) is 6.54 Å². The lowest BCUT2D eigenvalue weighted by atomic mass is 10.1. The van der Waals surface area contributed by atoms with Crippen LogP contribution in [0, 0.1) is 0 Å². The lowest BCUT2D eigenvalue weighted by Gasteiger charge is -2.13. The zero-order valence-corrected chi connectivity index (χ0v) is 16.5. The molecule has 1 fully saturated rings. The van der Waals surface area contributed by atoms with Crippen LogP contribution < -0.4 is 10.2 Å². The standard InChI is InChI=1S/C19H16N4O3S2/c1-22-14-7-2-3-8-15(14)28-18(22)21-20-17(25)13-6-4-5-12(9-13)10-23-16(24)11-27-19(23)26/h2-9H,10-11H2,1H3,(H,20,25)/b21-18+. The maximum Gasteiger partial charge on any atom is 0.289 e. The minimum atomic E-state index is -0.354. The Balaban J connectivity index is 1.53. The molecule has 2 heterocycles. The number of carbonyl (C=O) groups excluding carboxylic acids is 3. The Labute approximate surface area is 168 Å². The molecule has 0 aliphatic carbocycles. The zero-order valence-electron chi connectivity index (χ0n) is 14.9. The van der Waals surface area contributed by atoms with Crippen molar-refractivity contribution >= 4 is 50.4 Å². The van der Waals surface area contributed by atoms with Gasteiger partial charge in [0.1, 0.15) is 0 Å². The molecule has 1 aromatic heterocycles. The second-order valence-electron chi connectivity index (χ2n) is 6.20. The summed E-state index contributed by atoms with van der Waals surface area (Å²) in [7, 11) is 1.90. The topological polar surface area (TPSA) is 83.8 Å². The van der Waals surface area contributed by atoms with Crippen LogP contribution in [0.25, 0.3) is 10.2 Å². The van der Waals surface area contributed by atoms with Crippen molar-refractivity contribution in [1.29, 1.82) is 0 Å². The molecule has 1 saturated heterocycles. The van der Waals surface area contributed by atoms with Crippen LogP contribution in [0.4, 0.5) is 4.79 Å². The molecular weight excluding hydrogens is 396 g/mol. The first-order valence-electron chi connectivity index (χ1n) is 8.47. The fraction of sp³-hybridized carbons (Fsp3) is 0.158. The Morgan fingerprint density at radius 2 is 2.00 bits per heavy atom. The van der Waals surface area contributed by atoms with E-state index in [0.29, 0.717) is 15.9 Å². The van der Waals surface area contributed by atoms with Crippen LogP contribution in [0.1, 0.15) is 15.9 Å². The summed E-state index contributed by atoms with van der Waals surface area (Å²) in [4.78, 5) is 37.9. The van der Waals surface area contributed by atoms with Crippen molar-refractivity contribution in [2.75, 3.05) is 5.75 Å². The Morgan fingerprint density at radius 1 is 1.18 bits per heavy atom. The number of rotatable bonds is 4. The van der Waals surface area contributed by atoms with Gasteiger partial charge in [-0.25, -0.2) is 5.43 Å². The summed E-state index contributed by atoms with van der Waals surface area (Å²) < 4.78 is 3.00. The van der Waals surface area contributed by atoms with E-state index in [1.807, 2.05) is 35.9 Å². The molecule has 3 aromatic rings. The highest BCUT2D eigenvalue weighted by atomic mass is 32.2. The molecule has 7 nitrogen and oxygen atoms in total.